The molecule has 0 saturated heterocycles. The van der Waals surface area contributed by atoms with E-state index in [2.05, 4.69) is 0 Å². The van der Waals surface area contributed by atoms with Gasteiger partial charge in [0, 0.05) is 11.6 Å². The van der Waals surface area contributed by atoms with E-state index in [1.54, 1.807) is 39.2 Å². The van der Waals surface area contributed by atoms with Crippen LogP contribution in [0.1, 0.15) is 25.5 Å². The zero-order valence-electron chi connectivity index (χ0n) is 11.7. The van der Waals surface area contributed by atoms with Crippen LogP contribution in [0, 0.1) is 0 Å². The van der Waals surface area contributed by atoms with Crippen LogP contribution in [0.5, 0.6) is 11.5 Å². The van der Waals surface area contributed by atoms with Crippen molar-refractivity contribution in [1.29, 1.82) is 0 Å². The van der Waals surface area contributed by atoms with Gasteiger partial charge in [-0.1, -0.05) is 0 Å². The van der Waals surface area contributed by atoms with Gasteiger partial charge in [0.25, 0.3) is 0 Å². The van der Waals surface area contributed by atoms with Crippen LogP contribution in [0.2, 0.25) is 0 Å². The number of ether oxygens (including phenoxy) is 2. The minimum Gasteiger partial charge on any atom is -0.497 e. The van der Waals surface area contributed by atoms with Crippen molar-refractivity contribution in [3.05, 3.63) is 23.8 Å². The molecule has 1 unspecified atom stereocenters. The molecule has 19 heavy (non-hydrogen) atoms. The van der Waals surface area contributed by atoms with Gasteiger partial charge in [-0.05, 0) is 32.0 Å². The third kappa shape index (κ3) is 3.84. The molecule has 0 aromatic heterocycles. The van der Waals surface area contributed by atoms with Crippen molar-refractivity contribution in [2.24, 2.45) is 5.73 Å². The molecular formula is C13H21NO4S. The summed E-state index contributed by atoms with van der Waals surface area (Å²) in [4.78, 5) is 0. The summed E-state index contributed by atoms with van der Waals surface area (Å²) in [6.45, 7) is 3.29. The van der Waals surface area contributed by atoms with Gasteiger partial charge >= 0.3 is 0 Å². The van der Waals surface area contributed by atoms with Crippen molar-refractivity contribution in [3.63, 3.8) is 0 Å². The molecule has 1 aromatic rings. The number of nitrogens with two attached hydrogens (primary N) is 1. The van der Waals surface area contributed by atoms with Crippen molar-refractivity contribution in [2.75, 3.05) is 20.0 Å². The molecule has 5 nitrogen and oxygen atoms in total. The van der Waals surface area contributed by atoms with Gasteiger partial charge in [0.1, 0.15) is 11.5 Å². The van der Waals surface area contributed by atoms with Crippen LogP contribution in [-0.4, -0.2) is 33.6 Å². The van der Waals surface area contributed by atoms with Gasteiger partial charge in [0.2, 0.25) is 0 Å². The van der Waals surface area contributed by atoms with Crippen molar-refractivity contribution in [2.45, 2.75) is 25.1 Å². The van der Waals surface area contributed by atoms with E-state index in [0.717, 1.165) is 0 Å². The zero-order valence-corrected chi connectivity index (χ0v) is 12.5. The molecule has 6 heteroatoms. The van der Waals surface area contributed by atoms with Gasteiger partial charge in [0.15, 0.2) is 9.84 Å². The highest BCUT2D eigenvalue weighted by Gasteiger charge is 2.23. The predicted octanol–water partition coefficient (Wildman–Crippen LogP) is 1.53. The fourth-order valence-electron chi connectivity index (χ4n) is 1.66. The molecule has 0 radical (unpaired) electrons. The fraction of sp³-hybridized carbons (Fsp3) is 0.538. The largest absolute Gasteiger partial charge is 0.497 e. The molecule has 0 bridgehead atoms. The first-order chi connectivity index (χ1) is 8.81. The Morgan fingerprint density at radius 1 is 1.21 bits per heavy atom. The second-order valence-electron chi connectivity index (χ2n) is 4.59. The van der Waals surface area contributed by atoms with Gasteiger partial charge in [0.05, 0.1) is 25.2 Å². The molecule has 1 aromatic carbocycles. The minimum absolute atomic E-state index is 0.117. The molecular weight excluding hydrogens is 266 g/mol. The van der Waals surface area contributed by atoms with E-state index in [0.29, 0.717) is 17.1 Å². The molecule has 0 fully saturated rings. The Kier molecular flexibility index (Phi) is 5.20. The van der Waals surface area contributed by atoms with Crippen molar-refractivity contribution >= 4 is 9.84 Å². The Morgan fingerprint density at radius 2 is 1.84 bits per heavy atom. The Labute approximate surface area is 114 Å². The SMILES string of the molecule is COc1ccc(OC)c(C(N)CS(=O)(=O)C(C)C)c1. The summed E-state index contributed by atoms with van der Waals surface area (Å²) in [5.74, 6) is 1.06. The zero-order chi connectivity index (χ0) is 14.6. The van der Waals surface area contributed by atoms with Crippen LogP contribution >= 0.6 is 0 Å². The van der Waals surface area contributed by atoms with Gasteiger partial charge in [-0.25, -0.2) is 8.42 Å². The second kappa shape index (κ2) is 6.25. The first-order valence-electron chi connectivity index (χ1n) is 6.01. The van der Waals surface area contributed by atoms with Crippen LogP contribution in [0.15, 0.2) is 18.2 Å². The third-order valence-corrected chi connectivity index (χ3v) is 5.23. The van der Waals surface area contributed by atoms with E-state index in [9.17, 15) is 8.42 Å². The average molecular weight is 287 g/mol. The lowest BCUT2D eigenvalue weighted by atomic mass is 10.1. The lowest BCUT2D eigenvalue weighted by Crippen LogP contribution is -2.27. The fourth-order valence-corrected chi connectivity index (χ4v) is 2.73. The van der Waals surface area contributed by atoms with E-state index < -0.39 is 21.1 Å². The summed E-state index contributed by atoms with van der Waals surface area (Å²) < 4.78 is 34.2. The minimum atomic E-state index is -3.21. The van der Waals surface area contributed by atoms with Crippen LogP contribution < -0.4 is 15.2 Å². The lowest BCUT2D eigenvalue weighted by Gasteiger charge is -2.18. The summed E-state index contributed by atoms with van der Waals surface area (Å²) in [6.07, 6.45) is 0. The Bertz CT molecular complexity index is 525. The van der Waals surface area contributed by atoms with Crippen LogP contribution in [0.25, 0.3) is 0 Å². The summed E-state index contributed by atoms with van der Waals surface area (Å²) >= 11 is 0. The lowest BCUT2D eigenvalue weighted by molar-refractivity contribution is 0.396. The van der Waals surface area contributed by atoms with Gasteiger partial charge < -0.3 is 15.2 Å². The van der Waals surface area contributed by atoms with Crippen molar-refractivity contribution in [3.8, 4) is 11.5 Å². The highest BCUT2D eigenvalue weighted by atomic mass is 32.2. The molecule has 0 aliphatic carbocycles. The molecule has 108 valence electrons. The molecule has 1 atom stereocenters. The maximum Gasteiger partial charge on any atom is 0.154 e. The number of hydrogen-bond acceptors (Lipinski definition) is 5. The molecule has 0 aliphatic rings. The predicted molar refractivity (Wildman–Crippen MR) is 75.4 cm³/mol. The summed E-state index contributed by atoms with van der Waals surface area (Å²) in [5, 5.41) is -0.449. The smallest absolute Gasteiger partial charge is 0.154 e. The first-order valence-corrected chi connectivity index (χ1v) is 7.72. The topological polar surface area (TPSA) is 78.6 Å². The van der Waals surface area contributed by atoms with E-state index >= 15 is 0 Å². The van der Waals surface area contributed by atoms with E-state index in [1.165, 1.54) is 7.11 Å². The Hall–Kier alpha value is -1.27. The maximum absolute atomic E-state index is 11.9. The van der Waals surface area contributed by atoms with Crippen LogP contribution in [-0.2, 0) is 9.84 Å². The monoisotopic (exact) mass is 287 g/mol. The number of benzene rings is 1. The second-order valence-corrected chi connectivity index (χ2v) is 7.19. The summed E-state index contributed by atoms with van der Waals surface area (Å²) in [5.41, 5.74) is 6.63. The van der Waals surface area contributed by atoms with E-state index in [-0.39, 0.29) is 5.75 Å². The molecule has 0 aliphatic heterocycles. The van der Waals surface area contributed by atoms with Crippen molar-refractivity contribution in [1.82, 2.24) is 0 Å². The van der Waals surface area contributed by atoms with E-state index in [4.69, 9.17) is 15.2 Å². The number of methoxy groups -OCH3 is 2. The molecule has 0 heterocycles. The molecule has 0 saturated carbocycles. The van der Waals surface area contributed by atoms with Crippen molar-refractivity contribution < 1.29 is 17.9 Å². The summed E-state index contributed by atoms with van der Waals surface area (Å²) in [7, 11) is -0.145. The first kappa shape index (κ1) is 15.8. The highest BCUT2D eigenvalue weighted by Crippen LogP contribution is 2.29. The number of hydrogen-bond donors (Lipinski definition) is 1. The standard InChI is InChI=1S/C13H21NO4S/c1-9(2)19(15,16)8-12(14)11-7-10(17-3)5-6-13(11)18-4/h5-7,9,12H,8,14H2,1-4H3. The number of sulfone groups is 1. The van der Waals surface area contributed by atoms with Crippen LogP contribution in [0.4, 0.5) is 0 Å². The molecule has 2 N–H and O–H groups in total. The van der Waals surface area contributed by atoms with Crippen LogP contribution in [0.3, 0.4) is 0 Å². The van der Waals surface area contributed by atoms with Gasteiger partial charge in [-0.2, -0.15) is 0 Å². The maximum atomic E-state index is 11.9. The quantitative estimate of drug-likeness (QED) is 0.858. The Balaban J connectivity index is 3.08. The third-order valence-electron chi connectivity index (χ3n) is 2.97. The molecule has 0 amide bonds. The Morgan fingerprint density at radius 3 is 2.32 bits per heavy atom. The van der Waals surface area contributed by atoms with Gasteiger partial charge in [-0.3, -0.25) is 0 Å². The summed E-state index contributed by atoms with van der Waals surface area (Å²) in [6, 6.07) is 4.53. The molecule has 1 rings (SSSR count). The molecule has 0 spiro atoms. The van der Waals surface area contributed by atoms with Gasteiger partial charge in [-0.15, -0.1) is 0 Å². The highest BCUT2D eigenvalue weighted by molar-refractivity contribution is 7.92. The normalized spacial score (nSPS) is 13.4. The van der Waals surface area contributed by atoms with E-state index in [1.807, 2.05) is 0 Å². The number of rotatable bonds is 6. The average Bonchev–Trinajstić information content (AvgIpc) is 2.37.